The molecular weight excluding hydrogens is 336 g/mol. The van der Waals surface area contributed by atoms with Crippen LogP contribution in [-0.2, 0) is 11.3 Å². The molecule has 0 saturated carbocycles. The molecule has 1 aliphatic heterocycles. The van der Waals surface area contributed by atoms with Crippen molar-refractivity contribution in [2.45, 2.75) is 26.8 Å². The Kier molecular flexibility index (Phi) is 4.56. The normalized spacial score (nSPS) is 21.4. The second kappa shape index (κ2) is 6.05. The van der Waals surface area contributed by atoms with E-state index >= 15 is 0 Å². The highest BCUT2D eigenvalue weighted by Crippen LogP contribution is 2.30. The number of carbonyl (C=O) groups is 2. The lowest BCUT2D eigenvalue weighted by Crippen LogP contribution is -2.40. The van der Waals surface area contributed by atoms with E-state index in [1.807, 2.05) is 25.1 Å². The number of carboxylic acid groups (broad SMARTS) is 1. The van der Waals surface area contributed by atoms with Crippen LogP contribution in [0.3, 0.4) is 0 Å². The van der Waals surface area contributed by atoms with E-state index in [0.29, 0.717) is 19.5 Å². The first-order chi connectivity index (χ1) is 9.83. The standard InChI is InChI=1S/C15H19BrN2O3/c1-10-4-3-5-11(12(10)16)8-17-14(21)18-7-6-15(2,9-18)13(19)20/h3-5H,6-9H2,1-2H3,(H,17,21)(H,19,20). The van der Waals surface area contributed by atoms with Crippen molar-refractivity contribution in [2.75, 3.05) is 13.1 Å². The summed E-state index contributed by atoms with van der Waals surface area (Å²) >= 11 is 3.51. The molecule has 1 saturated heterocycles. The maximum atomic E-state index is 12.1. The predicted molar refractivity (Wildman–Crippen MR) is 83.0 cm³/mol. The number of aryl methyl sites for hydroxylation is 1. The van der Waals surface area contributed by atoms with Crippen LogP contribution in [0.15, 0.2) is 22.7 Å². The van der Waals surface area contributed by atoms with Gasteiger partial charge in [-0.3, -0.25) is 4.79 Å². The van der Waals surface area contributed by atoms with Gasteiger partial charge in [-0.25, -0.2) is 4.79 Å². The number of urea groups is 1. The van der Waals surface area contributed by atoms with Gasteiger partial charge in [0.1, 0.15) is 0 Å². The number of hydrogen-bond donors (Lipinski definition) is 2. The molecule has 1 fully saturated rings. The van der Waals surface area contributed by atoms with Crippen LogP contribution in [0.2, 0.25) is 0 Å². The number of nitrogens with one attached hydrogen (secondary N) is 1. The average Bonchev–Trinajstić information content (AvgIpc) is 2.84. The fraction of sp³-hybridized carbons (Fsp3) is 0.467. The second-order valence-corrected chi connectivity index (χ2v) is 6.54. The molecule has 1 aliphatic rings. The molecule has 1 aromatic carbocycles. The molecule has 0 bridgehead atoms. The van der Waals surface area contributed by atoms with E-state index in [9.17, 15) is 14.7 Å². The van der Waals surface area contributed by atoms with Crippen molar-refractivity contribution < 1.29 is 14.7 Å². The minimum absolute atomic E-state index is 0.214. The Morgan fingerprint density at radius 3 is 2.81 bits per heavy atom. The summed E-state index contributed by atoms with van der Waals surface area (Å²) in [5.74, 6) is -0.848. The molecule has 21 heavy (non-hydrogen) atoms. The van der Waals surface area contributed by atoms with Crippen molar-refractivity contribution in [2.24, 2.45) is 5.41 Å². The van der Waals surface area contributed by atoms with E-state index in [1.165, 1.54) is 0 Å². The average molecular weight is 355 g/mol. The van der Waals surface area contributed by atoms with Crippen molar-refractivity contribution in [3.05, 3.63) is 33.8 Å². The lowest BCUT2D eigenvalue weighted by atomic mass is 9.90. The molecular formula is C15H19BrN2O3. The van der Waals surface area contributed by atoms with E-state index < -0.39 is 11.4 Å². The SMILES string of the molecule is Cc1cccc(CNC(=O)N2CCC(C)(C(=O)O)C2)c1Br. The lowest BCUT2D eigenvalue weighted by molar-refractivity contribution is -0.146. The quantitative estimate of drug-likeness (QED) is 0.876. The minimum atomic E-state index is -0.848. The van der Waals surface area contributed by atoms with Gasteiger partial charge in [0.05, 0.1) is 5.41 Å². The van der Waals surface area contributed by atoms with E-state index in [4.69, 9.17) is 0 Å². The smallest absolute Gasteiger partial charge is 0.317 e. The predicted octanol–water partition coefficient (Wildman–Crippen LogP) is 2.76. The number of carbonyl (C=O) groups excluding carboxylic acids is 1. The number of likely N-dealkylation sites (tertiary alicyclic amines) is 1. The molecule has 0 radical (unpaired) electrons. The van der Waals surface area contributed by atoms with Crippen LogP contribution in [0.5, 0.6) is 0 Å². The summed E-state index contributed by atoms with van der Waals surface area (Å²) in [6.45, 7) is 4.82. The molecule has 1 heterocycles. The first kappa shape index (κ1) is 15.8. The van der Waals surface area contributed by atoms with Gasteiger partial charge in [-0.2, -0.15) is 0 Å². The van der Waals surface area contributed by atoms with Gasteiger partial charge in [-0.1, -0.05) is 34.1 Å². The number of hydrogen-bond acceptors (Lipinski definition) is 2. The van der Waals surface area contributed by atoms with Gasteiger partial charge in [0.15, 0.2) is 0 Å². The third-order valence-corrected chi connectivity index (χ3v) is 5.11. The number of benzene rings is 1. The zero-order valence-corrected chi connectivity index (χ0v) is 13.7. The maximum absolute atomic E-state index is 12.1. The Bertz CT molecular complexity index is 576. The van der Waals surface area contributed by atoms with Crippen molar-refractivity contribution >= 4 is 27.9 Å². The Balaban J connectivity index is 1.94. The Labute approximate surface area is 132 Å². The topological polar surface area (TPSA) is 69.6 Å². The first-order valence-corrected chi connectivity index (χ1v) is 7.63. The Morgan fingerprint density at radius 2 is 2.19 bits per heavy atom. The van der Waals surface area contributed by atoms with Crippen LogP contribution in [-0.4, -0.2) is 35.1 Å². The Hall–Kier alpha value is -1.56. The zero-order valence-electron chi connectivity index (χ0n) is 12.1. The molecule has 1 atom stereocenters. The molecule has 1 aromatic rings. The van der Waals surface area contributed by atoms with Gasteiger partial charge >= 0.3 is 12.0 Å². The van der Waals surface area contributed by atoms with Gasteiger partial charge in [-0.05, 0) is 31.4 Å². The summed E-state index contributed by atoms with van der Waals surface area (Å²) in [5.41, 5.74) is 1.28. The van der Waals surface area contributed by atoms with Crippen LogP contribution in [0.4, 0.5) is 4.79 Å². The number of aliphatic carboxylic acids is 1. The number of halogens is 1. The monoisotopic (exact) mass is 354 g/mol. The number of rotatable bonds is 3. The molecule has 2 rings (SSSR count). The summed E-state index contributed by atoms with van der Waals surface area (Å²) in [5, 5.41) is 12.0. The van der Waals surface area contributed by atoms with Gasteiger partial charge in [0.2, 0.25) is 0 Å². The fourth-order valence-electron chi connectivity index (χ4n) is 2.44. The van der Waals surface area contributed by atoms with Crippen LogP contribution < -0.4 is 5.32 Å². The lowest BCUT2D eigenvalue weighted by Gasteiger charge is -2.20. The molecule has 0 aliphatic carbocycles. The third-order valence-electron chi connectivity index (χ3n) is 3.98. The Morgan fingerprint density at radius 1 is 1.48 bits per heavy atom. The highest BCUT2D eigenvalue weighted by molar-refractivity contribution is 9.10. The van der Waals surface area contributed by atoms with E-state index in [1.54, 1.807) is 11.8 Å². The summed E-state index contributed by atoms with van der Waals surface area (Å²) in [6.07, 6.45) is 0.490. The summed E-state index contributed by atoms with van der Waals surface area (Å²) in [4.78, 5) is 24.9. The molecule has 114 valence electrons. The van der Waals surface area contributed by atoms with Crippen molar-refractivity contribution in [1.29, 1.82) is 0 Å². The third kappa shape index (κ3) is 3.37. The first-order valence-electron chi connectivity index (χ1n) is 6.84. The molecule has 5 nitrogen and oxygen atoms in total. The number of carboxylic acids is 1. The van der Waals surface area contributed by atoms with Crippen LogP contribution in [0.1, 0.15) is 24.5 Å². The van der Waals surface area contributed by atoms with Gasteiger partial charge < -0.3 is 15.3 Å². The van der Waals surface area contributed by atoms with Crippen LogP contribution >= 0.6 is 15.9 Å². The van der Waals surface area contributed by atoms with Crippen LogP contribution in [0, 0.1) is 12.3 Å². The van der Waals surface area contributed by atoms with E-state index in [-0.39, 0.29) is 12.6 Å². The highest BCUT2D eigenvalue weighted by Gasteiger charge is 2.42. The minimum Gasteiger partial charge on any atom is -0.481 e. The molecule has 2 N–H and O–H groups in total. The van der Waals surface area contributed by atoms with E-state index in [2.05, 4.69) is 21.2 Å². The number of nitrogens with zero attached hydrogens (tertiary/aromatic N) is 1. The zero-order chi connectivity index (χ0) is 15.6. The van der Waals surface area contributed by atoms with Crippen molar-refractivity contribution in [3.8, 4) is 0 Å². The van der Waals surface area contributed by atoms with Gasteiger partial charge in [0, 0.05) is 24.1 Å². The van der Waals surface area contributed by atoms with E-state index in [0.717, 1.165) is 15.6 Å². The maximum Gasteiger partial charge on any atom is 0.317 e. The summed E-state index contributed by atoms with van der Waals surface area (Å²) in [6, 6.07) is 5.67. The highest BCUT2D eigenvalue weighted by atomic mass is 79.9. The second-order valence-electron chi connectivity index (χ2n) is 5.74. The fourth-order valence-corrected chi connectivity index (χ4v) is 2.84. The van der Waals surface area contributed by atoms with Crippen LogP contribution in [0.25, 0.3) is 0 Å². The molecule has 6 heteroatoms. The largest absolute Gasteiger partial charge is 0.481 e. The molecule has 0 aromatic heterocycles. The van der Waals surface area contributed by atoms with Crippen molar-refractivity contribution in [3.63, 3.8) is 0 Å². The summed E-state index contributed by atoms with van der Waals surface area (Å²) in [7, 11) is 0. The van der Waals surface area contributed by atoms with Crippen molar-refractivity contribution in [1.82, 2.24) is 10.2 Å². The van der Waals surface area contributed by atoms with Gasteiger partial charge in [-0.15, -0.1) is 0 Å². The summed E-state index contributed by atoms with van der Waals surface area (Å²) < 4.78 is 0.988. The molecule has 1 unspecified atom stereocenters. The number of amides is 2. The molecule has 0 spiro atoms. The van der Waals surface area contributed by atoms with Gasteiger partial charge in [0.25, 0.3) is 0 Å². The molecule has 2 amide bonds.